The summed E-state index contributed by atoms with van der Waals surface area (Å²) in [5, 5.41) is 5.48. The van der Waals surface area contributed by atoms with Crippen LogP contribution in [0.2, 0.25) is 5.02 Å². The third kappa shape index (κ3) is 6.78. The van der Waals surface area contributed by atoms with Gasteiger partial charge in [0.2, 0.25) is 5.91 Å². The Balaban J connectivity index is 1.19. The lowest BCUT2D eigenvalue weighted by Gasteiger charge is -2.37. The number of rotatable bonds is 7. The minimum absolute atomic E-state index is 0.104. The van der Waals surface area contributed by atoms with E-state index in [0.717, 1.165) is 63.3 Å². The standard InChI is InChI=1S/C26H33ClN4O3S/c1-34-24-16-23(28)22(27)15-21(24)26(33)29-19-8-10-30(11-9-19)17-18-6-12-31(13-7-18)25(32)5-4-20-3-2-14-35-20/h2-5,14-16,18-19H,6-13,17,28H2,1H3,(H,29,33)/b5-4+. The number of nitrogens with two attached hydrogens (primary N) is 1. The van der Waals surface area contributed by atoms with Gasteiger partial charge in [0.1, 0.15) is 5.75 Å². The molecule has 2 saturated heterocycles. The number of nitrogens with zero attached hydrogens (tertiary/aromatic N) is 2. The second-order valence-corrected chi connectivity index (χ2v) is 10.6. The maximum absolute atomic E-state index is 12.8. The number of piperidine rings is 2. The molecular weight excluding hydrogens is 484 g/mol. The van der Waals surface area contributed by atoms with Crippen LogP contribution >= 0.6 is 22.9 Å². The Kier molecular flexibility index (Phi) is 8.70. The fourth-order valence-corrected chi connectivity index (χ4v) is 5.57. The number of hydrogen-bond acceptors (Lipinski definition) is 6. The number of ether oxygens (including phenoxy) is 1. The molecule has 1 aromatic heterocycles. The van der Waals surface area contributed by atoms with Crippen LogP contribution in [0.5, 0.6) is 5.75 Å². The molecule has 35 heavy (non-hydrogen) atoms. The number of halogens is 1. The Bertz CT molecular complexity index is 1040. The first kappa shape index (κ1) is 25.5. The van der Waals surface area contributed by atoms with Gasteiger partial charge in [-0.1, -0.05) is 17.7 Å². The second kappa shape index (κ2) is 11.9. The van der Waals surface area contributed by atoms with Gasteiger partial charge in [0.15, 0.2) is 0 Å². The molecule has 0 atom stereocenters. The summed E-state index contributed by atoms with van der Waals surface area (Å²) in [7, 11) is 1.51. The highest BCUT2D eigenvalue weighted by Crippen LogP contribution is 2.29. The highest BCUT2D eigenvalue weighted by molar-refractivity contribution is 7.10. The number of hydrogen-bond donors (Lipinski definition) is 2. The number of methoxy groups -OCH3 is 1. The van der Waals surface area contributed by atoms with Gasteiger partial charge in [0.25, 0.3) is 5.91 Å². The summed E-state index contributed by atoms with van der Waals surface area (Å²) in [6.07, 6.45) is 7.47. The molecule has 2 amide bonds. The van der Waals surface area contributed by atoms with Gasteiger partial charge in [0, 0.05) is 55.8 Å². The fourth-order valence-electron chi connectivity index (χ4n) is 4.78. The van der Waals surface area contributed by atoms with Crippen molar-refractivity contribution < 1.29 is 14.3 Å². The van der Waals surface area contributed by atoms with Crippen LogP contribution in [0.4, 0.5) is 5.69 Å². The number of nitrogens with one attached hydrogen (secondary N) is 1. The minimum Gasteiger partial charge on any atom is -0.496 e. The third-order valence-corrected chi connectivity index (χ3v) is 8.03. The van der Waals surface area contributed by atoms with Gasteiger partial charge in [-0.15, -0.1) is 11.3 Å². The maximum Gasteiger partial charge on any atom is 0.255 e. The van der Waals surface area contributed by atoms with E-state index in [0.29, 0.717) is 27.9 Å². The zero-order chi connectivity index (χ0) is 24.8. The van der Waals surface area contributed by atoms with Crippen LogP contribution in [0.1, 0.15) is 40.9 Å². The van der Waals surface area contributed by atoms with Crippen molar-refractivity contribution in [1.82, 2.24) is 15.1 Å². The molecule has 2 aliphatic rings. The molecule has 1 aromatic carbocycles. The number of carbonyl (C=O) groups excluding carboxylic acids is 2. The van der Waals surface area contributed by atoms with Crippen molar-refractivity contribution >= 4 is 46.5 Å². The predicted octanol–water partition coefficient (Wildman–Crippen LogP) is 4.14. The van der Waals surface area contributed by atoms with Crippen LogP contribution in [0.25, 0.3) is 6.08 Å². The molecule has 0 saturated carbocycles. The van der Waals surface area contributed by atoms with Crippen molar-refractivity contribution in [3.8, 4) is 5.75 Å². The molecule has 2 aliphatic heterocycles. The number of anilines is 1. The zero-order valence-corrected chi connectivity index (χ0v) is 21.6. The SMILES string of the molecule is COc1cc(N)c(Cl)cc1C(=O)NC1CCN(CC2CCN(C(=O)/C=C/c3cccs3)CC2)CC1. The Labute approximate surface area is 215 Å². The monoisotopic (exact) mass is 516 g/mol. The average Bonchev–Trinajstić information content (AvgIpc) is 3.39. The molecule has 0 unspecified atom stereocenters. The van der Waals surface area contributed by atoms with Gasteiger partial charge < -0.3 is 25.6 Å². The number of benzene rings is 1. The van der Waals surface area contributed by atoms with Crippen LogP contribution < -0.4 is 15.8 Å². The Morgan fingerprint density at radius 3 is 2.60 bits per heavy atom. The van der Waals surface area contributed by atoms with Crippen LogP contribution in [-0.2, 0) is 4.79 Å². The smallest absolute Gasteiger partial charge is 0.255 e. The normalized spacial score (nSPS) is 18.2. The van der Waals surface area contributed by atoms with Gasteiger partial charge in [-0.2, -0.15) is 0 Å². The third-order valence-electron chi connectivity index (χ3n) is 6.86. The van der Waals surface area contributed by atoms with Crippen molar-refractivity contribution in [3.05, 3.63) is 51.2 Å². The Hall–Kier alpha value is -2.55. The molecule has 2 fully saturated rings. The van der Waals surface area contributed by atoms with Gasteiger partial charge in [-0.05, 0) is 55.2 Å². The number of carbonyl (C=O) groups is 2. The van der Waals surface area contributed by atoms with Crippen molar-refractivity contribution in [3.63, 3.8) is 0 Å². The molecule has 0 radical (unpaired) electrons. The first-order valence-corrected chi connectivity index (χ1v) is 13.4. The lowest BCUT2D eigenvalue weighted by Crippen LogP contribution is -2.47. The zero-order valence-electron chi connectivity index (χ0n) is 20.0. The van der Waals surface area contributed by atoms with Crippen LogP contribution in [0, 0.1) is 5.92 Å². The van der Waals surface area contributed by atoms with Crippen LogP contribution in [0.15, 0.2) is 35.7 Å². The van der Waals surface area contributed by atoms with E-state index >= 15 is 0 Å². The molecule has 3 heterocycles. The van der Waals surface area contributed by atoms with Gasteiger partial charge >= 0.3 is 0 Å². The molecule has 4 rings (SSSR count). The van der Waals surface area contributed by atoms with E-state index in [1.54, 1.807) is 29.5 Å². The summed E-state index contributed by atoms with van der Waals surface area (Å²) in [5.74, 6) is 0.945. The summed E-state index contributed by atoms with van der Waals surface area (Å²) < 4.78 is 5.31. The molecule has 0 bridgehead atoms. The topological polar surface area (TPSA) is 87.9 Å². The van der Waals surface area contributed by atoms with E-state index in [9.17, 15) is 9.59 Å². The summed E-state index contributed by atoms with van der Waals surface area (Å²) in [6.45, 7) is 4.59. The lowest BCUT2D eigenvalue weighted by atomic mass is 9.94. The summed E-state index contributed by atoms with van der Waals surface area (Å²) in [4.78, 5) is 30.8. The molecule has 9 heteroatoms. The van der Waals surface area contributed by atoms with E-state index in [2.05, 4.69) is 10.2 Å². The number of likely N-dealkylation sites (tertiary alicyclic amines) is 2. The molecule has 0 spiro atoms. The number of amides is 2. The van der Waals surface area contributed by atoms with Crippen molar-refractivity contribution in [2.45, 2.75) is 31.7 Å². The van der Waals surface area contributed by atoms with E-state index in [1.807, 2.05) is 28.5 Å². The van der Waals surface area contributed by atoms with E-state index in [1.165, 1.54) is 7.11 Å². The summed E-state index contributed by atoms with van der Waals surface area (Å²) in [5.41, 5.74) is 6.62. The molecule has 3 N–H and O–H groups in total. The second-order valence-electron chi connectivity index (χ2n) is 9.24. The van der Waals surface area contributed by atoms with Gasteiger partial charge in [-0.25, -0.2) is 0 Å². The fraction of sp³-hybridized carbons (Fsp3) is 0.462. The summed E-state index contributed by atoms with van der Waals surface area (Å²) in [6, 6.07) is 7.27. The molecule has 188 valence electrons. The van der Waals surface area contributed by atoms with Gasteiger partial charge in [-0.3, -0.25) is 9.59 Å². The quantitative estimate of drug-likeness (QED) is 0.426. The van der Waals surface area contributed by atoms with Crippen LogP contribution in [-0.4, -0.2) is 67.5 Å². The first-order valence-electron chi connectivity index (χ1n) is 12.1. The number of thiophene rings is 1. The lowest BCUT2D eigenvalue weighted by molar-refractivity contribution is -0.127. The van der Waals surface area contributed by atoms with Crippen molar-refractivity contribution in [2.75, 3.05) is 45.6 Å². The summed E-state index contributed by atoms with van der Waals surface area (Å²) >= 11 is 7.75. The maximum atomic E-state index is 12.8. The van der Waals surface area contributed by atoms with Gasteiger partial charge in [0.05, 0.1) is 23.4 Å². The number of nitrogen functional groups attached to an aromatic ring is 1. The largest absolute Gasteiger partial charge is 0.496 e. The predicted molar refractivity (Wildman–Crippen MR) is 142 cm³/mol. The average molecular weight is 517 g/mol. The molecule has 7 nitrogen and oxygen atoms in total. The Morgan fingerprint density at radius 2 is 1.94 bits per heavy atom. The first-order chi connectivity index (χ1) is 16.9. The van der Waals surface area contributed by atoms with Crippen molar-refractivity contribution in [2.24, 2.45) is 5.92 Å². The highest BCUT2D eigenvalue weighted by Gasteiger charge is 2.27. The minimum atomic E-state index is -0.188. The van der Waals surface area contributed by atoms with E-state index in [-0.39, 0.29) is 17.9 Å². The molecule has 2 aromatic rings. The molecular formula is C26H33ClN4O3S. The van der Waals surface area contributed by atoms with Crippen molar-refractivity contribution in [1.29, 1.82) is 0 Å². The van der Waals surface area contributed by atoms with Crippen LogP contribution in [0.3, 0.4) is 0 Å². The van der Waals surface area contributed by atoms with E-state index < -0.39 is 0 Å². The molecule has 0 aliphatic carbocycles. The van der Waals surface area contributed by atoms with E-state index in [4.69, 9.17) is 22.1 Å². The Morgan fingerprint density at radius 1 is 1.20 bits per heavy atom. The highest BCUT2D eigenvalue weighted by atomic mass is 35.5.